The summed E-state index contributed by atoms with van der Waals surface area (Å²) in [4.78, 5) is 14.4. The highest BCUT2D eigenvalue weighted by molar-refractivity contribution is 5.95. The number of benzene rings is 2. The van der Waals surface area contributed by atoms with Gasteiger partial charge in [-0.05, 0) is 29.8 Å². The summed E-state index contributed by atoms with van der Waals surface area (Å²) in [6.07, 6.45) is 3.95. The van der Waals surface area contributed by atoms with Crippen LogP contribution in [0.5, 0.6) is 0 Å². The molecule has 1 saturated heterocycles. The van der Waals surface area contributed by atoms with Crippen LogP contribution in [0, 0.1) is 0 Å². The van der Waals surface area contributed by atoms with Gasteiger partial charge in [0.15, 0.2) is 0 Å². The minimum Gasteiger partial charge on any atom is -0.378 e. The van der Waals surface area contributed by atoms with E-state index < -0.39 is 0 Å². The Kier molecular flexibility index (Phi) is 5.71. The molecule has 1 aliphatic rings. The van der Waals surface area contributed by atoms with Crippen molar-refractivity contribution in [3.05, 3.63) is 65.4 Å². The van der Waals surface area contributed by atoms with Gasteiger partial charge in [-0.1, -0.05) is 36.4 Å². The molecule has 1 amide bonds. The van der Waals surface area contributed by atoms with Gasteiger partial charge in [-0.15, -0.1) is 12.4 Å². The lowest BCUT2D eigenvalue weighted by Crippen LogP contribution is -2.40. The number of hydrogen-bond acceptors (Lipinski definition) is 3. The summed E-state index contributed by atoms with van der Waals surface area (Å²) in [7, 11) is 0. The number of hydrogen-bond donors (Lipinski definition) is 1. The normalized spacial score (nSPS) is 14.5. The highest BCUT2D eigenvalue weighted by Gasteiger charge is 2.18. The highest BCUT2D eigenvalue weighted by atomic mass is 35.5. The number of morpholine rings is 1. The Balaban J connectivity index is 0.00000196. The van der Waals surface area contributed by atoms with Crippen LogP contribution in [0.15, 0.2) is 48.5 Å². The Bertz CT molecular complexity index is 929. The summed E-state index contributed by atoms with van der Waals surface area (Å²) < 4.78 is 5.31. The number of carbonyl (C=O) groups is 1. The van der Waals surface area contributed by atoms with E-state index in [0.29, 0.717) is 31.9 Å². The van der Waals surface area contributed by atoms with Crippen molar-refractivity contribution in [3.8, 4) is 0 Å². The summed E-state index contributed by atoms with van der Waals surface area (Å²) in [5, 5.41) is 8.45. The molecule has 2 heterocycles. The van der Waals surface area contributed by atoms with Gasteiger partial charge in [-0.25, -0.2) is 0 Å². The molecule has 4 rings (SSSR count). The van der Waals surface area contributed by atoms with Crippen molar-refractivity contribution in [2.75, 3.05) is 26.3 Å². The van der Waals surface area contributed by atoms with Crippen LogP contribution in [0.2, 0.25) is 0 Å². The molecule has 5 nitrogen and oxygen atoms in total. The number of carbonyl (C=O) groups excluding carboxylic acids is 1. The average Bonchev–Trinajstić information content (AvgIpc) is 3.10. The van der Waals surface area contributed by atoms with E-state index in [1.165, 1.54) is 0 Å². The number of ether oxygens (including phenoxy) is 1. The first kappa shape index (κ1) is 18.2. The molecule has 0 atom stereocenters. The van der Waals surface area contributed by atoms with Crippen molar-refractivity contribution >= 4 is 41.4 Å². The third-order valence-electron chi connectivity index (χ3n) is 4.37. The number of halogens is 1. The topological polar surface area (TPSA) is 58.2 Å². The van der Waals surface area contributed by atoms with Crippen LogP contribution in [0.1, 0.15) is 21.6 Å². The number of rotatable bonds is 3. The molecule has 134 valence electrons. The summed E-state index contributed by atoms with van der Waals surface area (Å²) in [5.41, 5.74) is 3.58. The van der Waals surface area contributed by atoms with E-state index >= 15 is 0 Å². The average molecular weight is 370 g/mol. The smallest absolute Gasteiger partial charge is 0.254 e. The van der Waals surface area contributed by atoms with Gasteiger partial charge in [0, 0.05) is 24.0 Å². The van der Waals surface area contributed by atoms with Gasteiger partial charge < -0.3 is 9.64 Å². The second-order valence-electron chi connectivity index (χ2n) is 6.02. The predicted molar refractivity (Wildman–Crippen MR) is 105 cm³/mol. The minimum atomic E-state index is 0. The van der Waals surface area contributed by atoms with E-state index in [1.54, 1.807) is 0 Å². The van der Waals surface area contributed by atoms with Gasteiger partial charge >= 0.3 is 0 Å². The van der Waals surface area contributed by atoms with Crippen LogP contribution in [-0.4, -0.2) is 47.3 Å². The number of aromatic nitrogens is 2. The summed E-state index contributed by atoms with van der Waals surface area (Å²) in [6, 6.07) is 15.7. The number of amides is 1. The van der Waals surface area contributed by atoms with Crippen molar-refractivity contribution in [1.29, 1.82) is 0 Å². The van der Waals surface area contributed by atoms with Gasteiger partial charge in [0.05, 0.1) is 24.4 Å². The van der Waals surface area contributed by atoms with Gasteiger partial charge in [-0.2, -0.15) is 5.10 Å². The van der Waals surface area contributed by atoms with Gasteiger partial charge in [0.1, 0.15) is 0 Å². The SMILES string of the molecule is Cl.O=C(c1cccc(/C=C/c2n[nH]c3ccccc23)c1)N1CCOCC1. The quantitative estimate of drug-likeness (QED) is 0.767. The van der Waals surface area contributed by atoms with Crippen molar-refractivity contribution < 1.29 is 9.53 Å². The van der Waals surface area contributed by atoms with Gasteiger partial charge in [-0.3, -0.25) is 9.89 Å². The van der Waals surface area contributed by atoms with Crippen LogP contribution in [0.3, 0.4) is 0 Å². The van der Waals surface area contributed by atoms with Crippen LogP contribution < -0.4 is 0 Å². The maximum Gasteiger partial charge on any atom is 0.254 e. The molecule has 0 spiro atoms. The van der Waals surface area contributed by atoms with E-state index in [-0.39, 0.29) is 18.3 Å². The summed E-state index contributed by atoms with van der Waals surface area (Å²) in [5.74, 6) is 0.0590. The maximum absolute atomic E-state index is 12.6. The molecule has 0 unspecified atom stereocenters. The number of aromatic amines is 1. The summed E-state index contributed by atoms with van der Waals surface area (Å²) in [6.45, 7) is 2.52. The number of nitrogens with zero attached hydrogens (tertiary/aromatic N) is 2. The van der Waals surface area contributed by atoms with Gasteiger partial charge in [0.2, 0.25) is 0 Å². The molecular formula is C20H20ClN3O2. The lowest BCUT2D eigenvalue weighted by atomic mass is 10.1. The second-order valence-corrected chi connectivity index (χ2v) is 6.02. The highest BCUT2D eigenvalue weighted by Crippen LogP contribution is 2.18. The lowest BCUT2D eigenvalue weighted by Gasteiger charge is -2.26. The number of fused-ring (bicyclic) bond motifs is 1. The first-order valence-electron chi connectivity index (χ1n) is 8.39. The van der Waals surface area contributed by atoms with Crippen LogP contribution in [0.4, 0.5) is 0 Å². The molecule has 0 bridgehead atoms. The maximum atomic E-state index is 12.6. The van der Waals surface area contributed by atoms with Crippen molar-refractivity contribution in [2.45, 2.75) is 0 Å². The predicted octanol–water partition coefficient (Wildman–Crippen LogP) is 3.63. The third kappa shape index (κ3) is 3.79. The molecule has 2 aromatic carbocycles. The molecule has 1 aromatic heterocycles. The molecule has 0 saturated carbocycles. The zero-order valence-corrected chi connectivity index (χ0v) is 15.0. The first-order chi connectivity index (χ1) is 12.3. The minimum absolute atomic E-state index is 0. The molecular weight excluding hydrogens is 350 g/mol. The Morgan fingerprint density at radius 2 is 1.88 bits per heavy atom. The fourth-order valence-corrected chi connectivity index (χ4v) is 3.01. The summed E-state index contributed by atoms with van der Waals surface area (Å²) >= 11 is 0. The number of H-pyrrole nitrogens is 1. The molecule has 26 heavy (non-hydrogen) atoms. The molecule has 6 heteroatoms. The van der Waals surface area contributed by atoms with Crippen LogP contribution in [-0.2, 0) is 4.74 Å². The van der Waals surface area contributed by atoms with Crippen molar-refractivity contribution in [1.82, 2.24) is 15.1 Å². The van der Waals surface area contributed by atoms with Crippen molar-refractivity contribution in [2.24, 2.45) is 0 Å². The van der Waals surface area contributed by atoms with E-state index in [9.17, 15) is 4.79 Å². The van der Waals surface area contributed by atoms with Crippen LogP contribution >= 0.6 is 12.4 Å². The molecule has 3 aromatic rings. The lowest BCUT2D eigenvalue weighted by molar-refractivity contribution is 0.0303. The molecule has 1 N–H and O–H groups in total. The van der Waals surface area contributed by atoms with Gasteiger partial charge in [0.25, 0.3) is 5.91 Å². The van der Waals surface area contributed by atoms with E-state index in [0.717, 1.165) is 22.2 Å². The first-order valence-corrected chi connectivity index (χ1v) is 8.39. The van der Waals surface area contributed by atoms with E-state index in [2.05, 4.69) is 10.2 Å². The van der Waals surface area contributed by atoms with E-state index in [4.69, 9.17) is 4.74 Å². The fraction of sp³-hybridized carbons (Fsp3) is 0.200. The third-order valence-corrected chi connectivity index (χ3v) is 4.37. The fourth-order valence-electron chi connectivity index (χ4n) is 3.01. The Hall–Kier alpha value is -2.63. The number of para-hydroxylation sites is 1. The second kappa shape index (κ2) is 8.17. The van der Waals surface area contributed by atoms with E-state index in [1.807, 2.05) is 65.6 Å². The van der Waals surface area contributed by atoms with Crippen LogP contribution in [0.25, 0.3) is 23.1 Å². The zero-order valence-electron chi connectivity index (χ0n) is 14.2. The standard InChI is InChI=1S/C20H19N3O2.ClH/c24-20(23-10-12-25-13-11-23)16-5-3-4-15(14-16)8-9-19-17-6-1-2-7-18(17)21-22-19;/h1-9,14H,10-13H2,(H,21,22);1H/b9-8+;. The monoisotopic (exact) mass is 369 g/mol. The molecule has 0 radical (unpaired) electrons. The molecule has 1 fully saturated rings. The Labute approximate surface area is 158 Å². The molecule has 1 aliphatic heterocycles. The number of nitrogens with one attached hydrogen (secondary N) is 1. The zero-order chi connectivity index (χ0) is 17.1. The Morgan fingerprint density at radius 1 is 1.08 bits per heavy atom. The van der Waals surface area contributed by atoms with Crippen molar-refractivity contribution in [3.63, 3.8) is 0 Å². The largest absolute Gasteiger partial charge is 0.378 e. The molecule has 0 aliphatic carbocycles. The Morgan fingerprint density at radius 3 is 2.73 bits per heavy atom.